The fourth-order valence-corrected chi connectivity index (χ4v) is 3.33. The predicted molar refractivity (Wildman–Crippen MR) is 98.7 cm³/mol. The number of thioether (sulfide) groups is 1. The summed E-state index contributed by atoms with van der Waals surface area (Å²) >= 11 is 13.7. The molecular formula is C16H19Cl2N3OS. The van der Waals surface area contributed by atoms with Gasteiger partial charge in [-0.15, -0.1) is 0 Å². The standard InChI is InChI=1S/C16H19Cl2N3OS/c1-2-3-8-23-11-16(22)20-15-6-7-19-21(15)10-12-4-5-13(17)9-14(12)18/h4-7,9H,2-3,8,10-11H2,1H3,(H,20,22). The minimum absolute atomic E-state index is 0.0185. The van der Waals surface area contributed by atoms with Crippen LogP contribution in [0.5, 0.6) is 0 Å². The molecule has 124 valence electrons. The lowest BCUT2D eigenvalue weighted by atomic mass is 10.2. The van der Waals surface area contributed by atoms with Crippen LogP contribution in [0.15, 0.2) is 30.5 Å². The molecule has 0 bridgehead atoms. The average Bonchev–Trinajstić information content (AvgIpc) is 2.93. The molecule has 7 heteroatoms. The van der Waals surface area contributed by atoms with Crippen LogP contribution in [0.4, 0.5) is 5.82 Å². The van der Waals surface area contributed by atoms with Crippen molar-refractivity contribution in [2.45, 2.75) is 26.3 Å². The first kappa shape index (κ1) is 18.2. The van der Waals surface area contributed by atoms with Crippen molar-refractivity contribution >= 4 is 46.7 Å². The van der Waals surface area contributed by atoms with E-state index in [0.717, 1.165) is 24.2 Å². The van der Waals surface area contributed by atoms with Gasteiger partial charge in [0.2, 0.25) is 5.91 Å². The highest BCUT2D eigenvalue weighted by Crippen LogP contribution is 2.22. The monoisotopic (exact) mass is 371 g/mol. The molecule has 1 amide bonds. The molecule has 1 aromatic carbocycles. The third-order valence-corrected chi connectivity index (χ3v) is 4.83. The molecular weight excluding hydrogens is 353 g/mol. The SMILES string of the molecule is CCCCSCC(=O)Nc1ccnn1Cc1ccc(Cl)cc1Cl. The maximum Gasteiger partial charge on any atom is 0.235 e. The number of carbonyl (C=O) groups excluding carboxylic acids is 1. The number of carbonyl (C=O) groups is 1. The third kappa shape index (κ3) is 5.75. The number of unbranched alkanes of at least 4 members (excludes halogenated alkanes) is 1. The molecule has 0 radical (unpaired) electrons. The average molecular weight is 372 g/mol. The summed E-state index contributed by atoms with van der Waals surface area (Å²) in [6, 6.07) is 7.12. The smallest absolute Gasteiger partial charge is 0.235 e. The van der Waals surface area contributed by atoms with E-state index in [-0.39, 0.29) is 5.91 Å². The molecule has 0 fully saturated rings. The quantitative estimate of drug-likeness (QED) is 0.683. The largest absolute Gasteiger partial charge is 0.310 e. The molecule has 1 aromatic heterocycles. The van der Waals surface area contributed by atoms with Crippen LogP contribution in [0.2, 0.25) is 10.0 Å². The van der Waals surface area contributed by atoms with Gasteiger partial charge in [0.1, 0.15) is 5.82 Å². The molecule has 0 unspecified atom stereocenters. The Kier molecular flexibility index (Phi) is 7.27. The van der Waals surface area contributed by atoms with E-state index >= 15 is 0 Å². The molecule has 0 aliphatic rings. The van der Waals surface area contributed by atoms with Crippen molar-refractivity contribution in [1.29, 1.82) is 0 Å². The van der Waals surface area contributed by atoms with Crippen molar-refractivity contribution in [2.24, 2.45) is 0 Å². The fraction of sp³-hybridized carbons (Fsp3) is 0.375. The van der Waals surface area contributed by atoms with Crippen molar-refractivity contribution in [2.75, 3.05) is 16.8 Å². The number of hydrogen-bond donors (Lipinski definition) is 1. The van der Waals surface area contributed by atoms with Crippen LogP contribution < -0.4 is 5.32 Å². The van der Waals surface area contributed by atoms with E-state index < -0.39 is 0 Å². The number of halogens is 2. The maximum atomic E-state index is 12.0. The van der Waals surface area contributed by atoms with Gasteiger partial charge in [0.05, 0.1) is 18.5 Å². The first-order chi connectivity index (χ1) is 11.1. The number of benzene rings is 1. The minimum atomic E-state index is -0.0185. The topological polar surface area (TPSA) is 46.9 Å². The summed E-state index contributed by atoms with van der Waals surface area (Å²) in [6.45, 7) is 2.61. The lowest BCUT2D eigenvalue weighted by Crippen LogP contribution is -2.18. The number of amides is 1. The molecule has 1 N–H and O–H groups in total. The van der Waals surface area contributed by atoms with Gasteiger partial charge in [0.25, 0.3) is 0 Å². The van der Waals surface area contributed by atoms with Gasteiger partial charge in [-0.05, 0) is 29.9 Å². The first-order valence-corrected chi connectivity index (χ1v) is 9.34. The zero-order valence-electron chi connectivity index (χ0n) is 12.9. The summed E-state index contributed by atoms with van der Waals surface area (Å²) in [5.41, 5.74) is 0.896. The Morgan fingerprint density at radius 3 is 2.91 bits per heavy atom. The van der Waals surface area contributed by atoms with Gasteiger partial charge in [-0.1, -0.05) is 42.6 Å². The van der Waals surface area contributed by atoms with Gasteiger partial charge < -0.3 is 5.32 Å². The summed E-state index contributed by atoms with van der Waals surface area (Å²) in [4.78, 5) is 12.0. The summed E-state index contributed by atoms with van der Waals surface area (Å²) < 4.78 is 1.71. The van der Waals surface area contributed by atoms with Crippen LogP contribution in [0.25, 0.3) is 0 Å². The molecule has 0 saturated heterocycles. The molecule has 0 aliphatic heterocycles. The summed E-state index contributed by atoms with van der Waals surface area (Å²) in [5.74, 6) is 2.10. The number of hydrogen-bond acceptors (Lipinski definition) is 3. The van der Waals surface area contributed by atoms with Crippen LogP contribution in [-0.4, -0.2) is 27.2 Å². The van der Waals surface area contributed by atoms with Gasteiger partial charge in [-0.2, -0.15) is 16.9 Å². The Hall–Kier alpha value is -1.17. The normalized spacial score (nSPS) is 10.7. The number of nitrogens with zero attached hydrogens (tertiary/aromatic N) is 2. The lowest BCUT2D eigenvalue weighted by Gasteiger charge is -2.10. The van der Waals surface area contributed by atoms with Gasteiger partial charge in [0, 0.05) is 16.1 Å². The highest BCUT2D eigenvalue weighted by atomic mass is 35.5. The third-order valence-electron chi connectivity index (χ3n) is 3.19. The highest BCUT2D eigenvalue weighted by Gasteiger charge is 2.09. The summed E-state index contributed by atoms with van der Waals surface area (Å²) in [7, 11) is 0. The molecule has 2 rings (SSSR count). The zero-order valence-corrected chi connectivity index (χ0v) is 15.2. The Morgan fingerprint density at radius 1 is 1.35 bits per heavy atom. The van der Waals surface area contributed by atoms with E-state index in [0.29, 0.717) is 28.2 Å². The minimum Gasteiger partial charge on any atom is -0.310 e. The van der Waals surface area contributed by atoms with E-state index in [1.807, 2.05) is 6.07 Å². The summed E-state index contributed by atoms with van der Waals surface area (Å²) in [5, 5.41) is 8.31. The van der Waals surface area contributed by atoms with Gasteiger partial charge in [0.15, 0.2) is 0 Å². The Balaban J connectivity index is 1.95. The van der Waals surface area contributed by atoms with Crippen LogP contribution in [-0.2, 0) is 11.3 Å². The molecule has 0 aliphatic carbocycles. The van der Waals surface area contributed by atoms with Crippen LogP contribution in [0, 0.1) is 0 Å². The van der Waals surface area contributed by atoms with E-state index in [1.165, 1.54) is 0 Å². The van der Waals surface area contributed by atoms with E-state index in [9.17, 15) is 4.79 Å². The highest BCUT2D eigenvalue weighted by molar-refractivity contribution is 7.99. The van der Waals surface area contributed by atoms with Crippen molar-refractivity contribution < 1.29 is 4.79 Å². The Bertz CT molecular complexity index is 661. The van der Waals surface area contributed by atoms with E-state index in [1.54, 1.807) is 40.8 Å². The zero-order chi connectivity index (χ0) is 16.7. The number of nitrogens with one attached hydrogen (secondary N) is 1. The lowest BCUT2D eigenvalue weighted by molar-refractivity contribution is -0.113. The Morgan fingerprint density at radius 2 is 2.17 bits per heavy atom. The second-order valence-electron chi connectivity index (χ2n) is 5.06. The second-order valence-corrected chi connectivity index (χ2v) is 7.01. The molecule has 0 spiro atoms. The van der Waals surface area contributed by atoms with E-state index in [2.05, 4.69) is 17.3 Å². The number of aromatic nitrogens is 2. The predicted octanol–water partition coefficient (Wildman–Crippen LogP) is 4.71. The van der Waals surface area contributed by atoms with Crippen molar-refractivity contribution in [3.63, 3.8) is 0 Å². The molecule has 0 atom stereocenters. The molecule has 0 saturated carbocycles. The number of rotatable bonds is 8. The second kappa shape index (κ2) is 9.21. The number of anilines is 1. The van der Waals surface area contributed by atoms with Crippen LogP contribution in [0.3, 0.4) is 0 Å². The molecule has 2 aromatic rings. The van der Waals surface area contributed by atoms with Crippen molar-refractivity contribution in [1.82, 2.24) is 9.78 Å². The molecule has 23 heavy (non-hydrogen) atoms. The van der Waals surface area contributed by atoms with Gasteiger partial charge in [-0.25, -0.2) is 4.68 Å². The first-order valence-electron chi connectivity index (χ1n) is 7.43. The van der Waals surface area contributed by atoms with Crippen LogP contribution in [0.1, 0.15) is 25.3 Å². The fourth-order valence-electron chi connectivity index (χ4n) is 1.97. The van der Waals surface area contributed by atoms with Crippen LogP contribution >= 0.6 is 35.0 Å². The van der Waals surface area contributed by atoms with E-state index in [4.69, 9.17) is 23.2 Å². The molecule has 1 heterocycles. The molecule has 4 nitrogen and oxygen atoms in total. The van der Waals surface area contributed by atoms with Crippen molar-refractivity contribution in [3.8, 4) is 0 Å². The Labute approximate surface area is 150 Å². The van der Waals surface area contributed by atoms with Gasteiger partial charge in [-0.3, -0.25) is 4.79 Å². The van der Waals surface area contributed by atoms with Crippen molar-refractivity contribution in [3.05, 3.63) is 46.1 Å². The summed E-state index contributed by atoms with van der Waals surface area (Å²) in [6.07, 6.45) is 3.93. The maximum absolute atomic E-state index is 12.0. The van der Waals surface area contributed by atoms with Gasteiger partial charge >= 0.3 is 0 Å².